The lowest BCUT2D eigenvalue weighted by Gasteiger charge is -2.19. The summed E-state index contributed by atoms with van der Waals surface area (Å²) in [5, 5.41) is 5.76. The fraction of sp³-hybridized carbons (Fsp3) is 0.462. The Morgan fingerprint density at radius 3 is 2.80 bits per heavy atom. The number of benzene rings is 1. The molecule has 0 aromatic heterocycles. The van der Waals surface area contributed by atoms with E-state index >= 15 is 0 Å². The van der Waals surface area contributed by atoms with Gasteiger partial charge in [-0.25, -0.2) is 0 Å². The van der Waals surface area contributed by atoms with Crippen molar-refractivity contribution in [3.05, 3.63) is 28.2 Å². The highest BCUT2D eigenvalue weighted by Crippen LogP contribution is 2.34. The van der Waals surface area contributed by atoms with E-state index in [1.54, 1.807) is 0 Å². The monoisotopic (exact) mass is 350 g/mol. The van der Waals surface area contributed by atoms with Gasteiger partial charge in [-0.3, -0.25) is 4.79 Å². The zero-order chi connectivity index (χ0) is 14.8. The molecule has 110 valence electrons. The molecule has 0 saturated carbocycles. The first kappa shape index (κ1) is 15.2. The number of rotatable bonds is 2. The van der Waals surface area contributed by atoms with Crippen LogP contribution in [0.25, 0.3) is 0 Å². The molecule has 1 aromatic rings. The summed E-state index contributed by atoms with van der Waals surface area (Å²) in [6.45, 7) is 0.612. The highest BCUT2D eigenvalue weighted by atomic mass is 79.9. The summed E-state index contributed by atoms with van der Waals surface area (Å²) in [5.41, 5.74) is -0.346. The molecule has 1 atom stereocenters. The van der Waals surface area contributed by atoms with Crippen molar-refractivity contribution in [3.63, 3.8) is 0 Å². The zero-order valence-electron chi connectivity index (χ0n) is 10.6. The van der Waals surface area contributed by atoms with Gasteiger partial charge in [0.1, 0.15) is 0 Å². The maximum atomic E-state index is 12.7. The highest BCUT2D eigenvalue weighted by Gasteiger charge is 2.31. The SMILES string of the molecule is O=C1CC(Nc2cc(C(F)(F)F)ccc2Br)CCCN1. The molecule has 0 aliphatic carbocycles. The van der Waals surface area contributed by atoms with Gasteiger partial charge in [0.05, 0.1) is 5.56 Å². The molecule has 3 nitrogen and oxygen atoms in total. The minimum Gasteiger partial charge on any atom is -0.381 e. The van der Waals surface area contributed by atoms with E-state index in [2.05, 4.69) is 26.6 Å². The van der Waals surface area contributed by atoms with Crippen molar-refractivity contribution in [1.29, 1.82) is 0 Å². The van der Waals surface area contributed by atoms with Crippen molar-refractivity contribution < 1.29 is 18.0 Å². The van der Waals surface area contributed by atoms with Crippen molar-refractivity contribution in [2.75, 3.05) is 11.9 Å². The Hall–Kier alpha value is -1.24. The Balaban J connectivity index is 2.17. The van der Waals surface area contributed by atoms with E-state index in [9.17, 15) is 18.0 Å². The van der Waals surface area contributed by atoms with Gasteiger partial charge in [0.15, 0.2) is 0 Å². The number of carbonyl (C=O) groups is 1. The van der Waals surface area contributed by atoms with Crippen LogP contribution in [0, 0.1) is 0 Å². The molecule has 1 amide bonds. The van der Waals surface area contributed by atoms with Crippen LogP contribution in [0.15, 0.2) is 22.7 Å². The minimum absolute atomic E-state index is 0.0805. The maximum absolute atomic E-state index is 12.7. The maximum Gasteiger partial charge on any atom is 0.416 e. The number of hydrogen-bond acceptors (Lipinski definition) is 2. The summed E-state index contributed by atoms with van der Waals surface area (Å²) in [4.78, 5) is 11.5. The van der Waals surface area contributed by atoms with Crippen LogP contribution < -0.4 is 10.6 Å². The molecular formula is C13H14BrF3N2O. The lowest BCUT2D eigenvalue weighted by Crippen LogP contribution is -2.27. The lowest BCUT2D eigenvalue weighted by molar-refractivity contribution is -0.137. The number of halogens is 4. The summed E-state index contributed by atoms with van der Waals surface area (Å²) >= 11 is 3.23. The van der Waals surface area contributed by atoms with Gasteiger partial charge >= 0.3 is 6.18 Å². The van der Waals surface area contributed by atoms with Gasteiger partial charge in [-0.1, -0.05) is 0 Å². The van der Waals surface area contributed by atoms with E-state index in [1.807, 2.05) is 0 Å². The largest absolute Gasteiger partial charge is 0.416 e. The predicted octanol–water partition coefficient (Wildman–Crippen LogP) is 3.55. The van der Waals surface area contributed by atoms with Crippen molar-refractivity contribution in [2.24, 2.45) is 0 Å². The molecule has 7 heteroatoms. The van der Waals surface area contributed by atoms with Gasteiger partial charge in [0, 0.05) is 29.2 Å². The Morgan fingerprint density at radius 2 is 2.10 bits per heavy atom. The van der Waals surface area contributed by atoms with Gasteiger partial charge in [0.2, 0.25) is 5.91 Å². The number of alkyl halides is 3. The van der Waals surface area contributed by atoms with Crippen LogP contribution >= 0.6 is 15.9 Å². The normalized spacial score (nSPS) is 20.2. The minimum atomic E-state index is -4.38. The molecule has 1 aliphatic heterocycles. The molecule has 1 fully saturated rings. The lowest BCUT2D eigenvalue weighted by atomic mass is 10.1. The van der Waals surface area contributed by atoms with E-state index in [0.717, 1.165) is 25.0 Å². The van der Waals surface area contributed by atoms with Gasteiger partial charge in [-0.2, -0.15) is 13.2 Å². The molecule has 2 rings (SSSR count). The third kappa shape index (κ3) is 3.88. The number of amides is 1. The number of carbonyl (C=O) groups excluding carboxylic acids is 1. The van der Waals surface area contributed by atoms with E-state index in [0.29, 0.717) is 16.7 Å². The molecule has 1 heterocycles. The summed E-state index contributed by atoms with van der Waals surface area (Å²) in [5.74, 6) is -0.0805. The Morgan fingerprint density at radius 1 is 1.35 bits per heavy atom. The molecule has 0 bridgehead atoms. The quantitative estimate of drug-likeness (QED) is 0.856. The van der Waals surface area contributed by atoms with E-state index < -0.39 is 11.7 Å². The van der Waals surface area contributed by atoms with Crippen molar-refractivity contribution in [1.82, 2.24) is 5.32 Å². The van der Waals surface area contributed by atoms with Crippen LogP contribution in [0.4, 0.5) is 18.9 Å². The molecule has 1 unspecified atom stereocenters. The van der Waals surface area contributed by atoms with Gasteiger partial charge < -0.3 is 10.6 Å². The second-order valence-electron chi connectivity index (χ2n) is 4.73. The molecule has 1 saturated heterocycles. The summed E-state index contributed by atoms with van der Waals surface area (Å²) in [6, 6.07) is 3.29. The van der Waals surface area contributed by atoms with E-state index in [4.69, 9.17) is 0 Å². The Kier molecular flexibility index (Phi) is 4.57. The van der Waals surface area contributed by atoms with Crippen LogP contribution in [0.3, 0.4) is 0 Å². The zero-order valence-corrected chi connectivity index (χ0v) is 12.1. The third-order valence-corrected chi connectivity index (χ3v) is 3.83. The number of anilines is 1. The first-order valence-corrected chi connectivity index (χ1v) is 7.05. The second-order valence-corrected chi connectivity index (χ2v) is 5.58. The van der Waals surface area contributed by atoms with Gasteiger partial charge in [0.25, 0.3) is 0 Å². The molecule has 0 radical (unpaired) electrons. The average molecular weight is 351 g/mol. The molecule has 1 aliphatic rings. The summed E-state index contributed by atoms with van der Waals surface area (Å²) in [6.07, 6.45) is -2.57. The van der Waals surface area contributed by atoms with Crippen LogP contribution in [0.2, 0.25) is 0 Å². The average Bonchev–Trinajstić information content (AvgIpc) is 2.55. The molecule has 0 spiro atoms. The summed E-state index contributed by atoms with van der Waals surface area (Å²) in [7, 11) is 0. The predicted molar refractivity (Wildman–Crippen MR) is 73.4 cm³/mol. The standard InChI is InChI=1S/C13H14BrF3N2O/c14-10-4-3-8(13(15,16)17)6-11(10)19-9-2-1-5-18-12(20)7-9/h3-4,6,9,19H,1-2,5,7H2,(H,18,20). The van der Waals surface area contributed by atoms with Crippen molar-refractivity contribution in [3.8, 4) is 0 Å². The van der Waals surface area contributed by atoms with Crippen LogP contribution in [0.5, 0.6) is 0 Å². The first-order valence-electron chi connectivity index (χ1n) is 6.26. The van der Waals surface area contributed by atoms with Crippen LogP contribution in [-0.2, 0) is 11.0 Å². The fourth-order valence-corrected chi connectivity index (χ4v) is 2.49. The Labute approximate surface area is 123 Å². The molecule has 20 heavy (non-hydrogen) atoms. The topological polar surface area (TPSA) is 41.1 Å². The smallest absolute Gasteiger partial charge is 0.381 e. The fourth-order valence-electron chi connectivity index (χ4n) is 2.13. The van der Waals surface area contributed by atoms with Gasteiger partial charge in [-0.05, 0) is 47.0 Å². The molecule has 1 aromatic carbocycles. The third-order valence-electron chi connectivity index (χ3n) is 3.14. The molecule has 2 N–H and O–H groups in total. The number of nitrogens with one attached hydrogen (secondary N) is 2. The van der Waals surface area contributed by atoms with E-state index in [1.165, 1.54) is 6.07 Å². The van der Waals surface area contributed by atoms with Crippen molar-refractivity contribution in [2.45, 2.75) is 31.5 Å². The van der Waals surface area contributed by atoms with Gasteiger partial charge in [-0.15, -0.1) is 0 Å². The first-order chi connectivity index (χ1) is 9.36. The van der Waals surface area contributed by atoms with Crippen molar-refractivity contribution >= 4 is 27.5 Å². The van der Waals surface area contributed by atoms with Crippen LogP contribution in [-0.4, -0.2) is 18.5 Å². The highest BCUT2D eigenvalue weighted by molar-refractivity contribution is 9.10. The second kappa shape index (κ2) is 6.03. The number of hydrogen-bond donors (Lipinski definition) is 2. The van der Waals surface area contributed by atoms with E-state index in [-0.39, 0.29) is 18.4 Å². The van der Waals surface area contributed by atoms with Crippen LogP contribution in [0.1, 0.15) is 24.8 Å². The summed E-state index contributed by atoms with van der Waals surface area (Å²) < 4.78 is 38.6. The Bertz CT molecular complexity index is 505. The molecular weight excluding hydrogens is 337 g/mol.